The molecule has 6 heteroatoms. The van der Waals surface area contributed by atoms with Crippen molar-refractivity contribution >= 4 is 12.0 Å². The molecule has 0 aromatic carbocycles. The van der Waals surface area contributed by atoms with Crippen LogP contribution in [0, 0.1) is 5.92 Å². The molecule has 6 nitrogen and oxygen atoms in total. The van der Waals surface area contributed by atoms with Gasteiger partial charge >= 0.3 is 12.0 Å². The van der Waals surface area contributed by atoms with Gasteiger partial charge in [-0.2, -0.15) is 0 Å². The van der Waals surface area contributed by atoms with Gasteiger partial charge in [0.1, 0.15) is 0 Å². The Labute approximate surface area is 101 Å². The van der Waals surface area contributed by atoms with Crippen LogP contribution < -0.4 is 5.32 Å². The minimum absolute atomic E-state index is 0.147. The summed E-state index contributed by atoms with van der Waals surface area (Å²) < 4.78 is 0. The second kappa shape index (κ2) is 4.91. The first-order valence-electron chi connectivity index (χ1n) is 6.03. The third-order valence-electron chi connectivity index (χ3n) is 3.43. The molecule has 2 fully saturated rings. The average molecular weight is 241 g/mol. The van der Waals surface area contributed by atoms with Crippen molar-refractivity contribution < 1.29 is 14.7 Å². The maximum Gasteiger partial charge on any atom is 0.317 e. The summed E-state index contributed by atoms with van der Waals surface area (Å²) in [5.74, 6) is -1.20. The number of carboxylic acids is 1. The SMILES string of the molecule is CN(CCNC(=O)N1CC(C(=O)O)C1)C1CC1. The van der Waals surface area contributed by atoms with Gasteiger partial charge in [-0.3, -0.25) is 4.79 Å². The number of aliphatic carboxylic acids is 1. The zero-order valence-corrected chi connectivity index (χ0v) is 10.1. The molecule has 1 saturated carbocycles. The lowest BCUT2D eigenvalue weighted by atomic mass is 10.0. The Morgan fingerprint density at radius 2 is 2.06 bits per heavy atom. The van der Waals surface area contributed by atoms with E-state index in [1.165, 1.54) is 17.7 Å². The Bertz CT molecular complexity index is 311. The van der Waals surface area contributed by atoms with Crippen LogP contribution in [0.3, 0.4) is 0 Å². The second-order valence-electron chi connectivity index (χ2n) is 4.88. The Morgan fingerprint density at radius 3 is 2.59 bits per heavy atom. The average Bonchev–Trinajstić information content (AvgIpc) is 2.97. The van der Waals surface area contributed by atoms with E-state index >= 15 is 0 Å². The molecule has 17 heavy (non-hydrogen) atoms. The smallest absolute Gasteiger partial charge is 0.317 e. The fourth-order valence-corrected chi connectivity index (χ4v) is 1.95. The summed E-state index contributed by atoms with van der Waals surface area (Å²) in [5.41, 5.74) is 0. The van der Waals surface area contributed by atoms with E-state index in [9.17, 15) is 9.59 Å². The number of amides is 2. The fraction of sp³-hybridized carbons (Fsp3) is 0.818. The van der Waals surface area contributed by atoms with Gasteiger partial charge in [0.2, 0.25) is 0 Å². The van der Waals surface area contributed by atoms with Crippen molar-refractivity contribution in [3.05, 3.63) is 0 Å². The zero-order chi connectivity index (χ0) is 12.4. The van der Waals surface area contributed by atoms with Gasteiger partial charge in [0.05, 0.1) is 5.92 Å². The van der Waals surface area contributed by atoms with E-state index in [2.05, 4.69) is 17.3 Å². The molecule has 0 aromatic rings. The fourth-order valence-electron chi connectivity index (χ4n) is 1.95. The molecular weight excluding hydrogens is 222 g/mol. The van der Waals surface area contributed by atoms with E-state index in [0.29, 0.717) is 25.7 Å². The standard InChI is InChI=1S/C11H19N3O3/c1-13(9-2-3-9)5-4-12-11(17)14-6-8(7-14)10(15)16/h8-9H,2-7H2,1H3,(H,12,17)(H,15,16). The van der Waals surface area contributed by atoms with Crippen molar-refractivity contribution in [3.63, 3.8) is 0 Å². The molecule has 1 saturated heterocycles. The van der Waals surface area contributed by atoms with Gasteiger partial charge in [-0.05, 0) is 19.9 Å². The maximum atomic E-state index is 11.6. The summed E-state index contributed by atoms with van der Waals surface area (Å²) in [7, 11) is 2.06. The van der Waals surface area contributed by atoms with Crippen LogP contribution in [0.1, 0.15) is 12.8 Å². The van der Waals surface area contributed by atoms with Crippen LogP contribution in [0.4, 0.5) is 4.79 Å². The molecule has 96 valence electrons. The molecule has 0 spiro atoms. The van der Waals surface area contributed by atoms with Crippen LogP contribution in [0.2, 0.25) is 0 Å². The molecule has 0 unspecified atom stereocenters. The topological polar surface area (TPSA) is 72.9 Å². The van der Waals surface area contributed by atoms with Gasteiger partial charge in [-0.15, -0.1) is 0 Å². The Balaban J connectivity index is 1.57. The lowest BCUT2D eigenvalue weighted by Crippen LogP contribution is -2.56. The first-order valence-corrected chi connectivity index (χ1v) is 6.03. The number of carboxylic acid groups (broad SMARTS) is 1. The van der Waals surface area contributed by atoms with Gasteiger partial charge in [0, 0.05) is 32.2 Å². The molecule has 0 aromatic heterocycles. The number of likely N-dealkylation sites (tertiary alicyclic amines) is 1. The van der Waals surface area contributed by atoms with Crippen molar-refractivity contribution in [2.24, 2.45) is 5.92 Å². The van der Waals surface area contributed by atoms with Gasteiger partial charge in [-0.25, -0.2) is 4.79 Å². The van der Waals surface area contributed by atoms with Crippen molar-refractivity contribution in [1.29, 1.82) is 0 Å². The number of rotatable bonds is 5. The predicted molar refractivity (Wildman–Crippen MR) is 61.7 cm³/mol. The molecule has 0 atom stereocenters. The molecular formula is C11H19N3O3. The minimum Gasteiger partial charge on any atom is -0.481 e. The minimum atomic E-state index is -0.817. The van der Waals surface area contributed by atoms with Crippen molar-refractivity contribution in [3.8, 4) is 0 Å². The van der Waals surface area contributed by atoms with E-state index < -0.39 is 5.97 Å². The van der Waals surface area contributed by atoms with Crippen LogP contribution >= 0.6 is 0 Å². The summed E-state index contributed by atoms with van der Waals surface area (Å²) >= 11 is 0. The van der Waals surface area contributed by atoms with Crippen LogP contribution in [0.5, 0.6) is 0 Å². The van der Waals surface area contributed by atoms with Crippen LogP contribution in [0.25, 0.3) is 0 Å². The number of nitrogens with one attached hydrogen (secondary N) is 1. The first kappa shape index (κ1) is 12.2. The molecule has 0 bridgehead atoms. The lowest BCUT2D eigenvalue weighted by Gasteiger charge is -2.36. The summed E-state index contributed by atoms with van der Waals surface area (Å²) in [4.78, 5) is 25.9. The molecule has 1 aliphatic carbocycles. The summed E-state index contributed by atoms with van der Waals surface area (Å²) in [6.45, 7) is 2.14. The monoisotopic (exact) mass is 241 g/mol. The number of likely N-dealkylation sites (N-methyl/N-ethyl adjacent to an activating group) is 1. The highest BCUT2D eigenvalue weighted by Crippen LogP contribution is 2.24. The Morgan fingerprint density at radius 1 is 1.41 bits per heavy atom. The van der Waals surface area contributed by atoms with Crippen LogP contribution in [-0.2, 0) is 4.79 Å². The molecule has 2 rings (SSSR count). The van der Waals surface area contributed by atoms with Crippen molar-refractivity contribution in [2.45, 2.75) is 18.9 Å². The normalized spacial score (nSPS) is 20.2. The van der Waals surface area contributed by atoms with Gasteiger partial charge in [0.15, 0.2) is 0 Å². The van der Waals surface area contributed by atoms with Crippen LogP contribution in [-0.4, -0.2) is 66.2 Å². The summed E-state index contributed by atoms with van der Waals surface area (Å²) in [5, 5.41) is 11.5. The van der Waals surface area contributed by atoms with E-state index in [4.69, 9.17) is 5.11 Å². The number of carbonyl (C=O) groups excluding carboxylic acids is 1. The third-order valence-corrected chi connectivity index (χ3v) is 3.43. The van der Waals surface area contributed by atoms with Crippen molar-refractivity contribution in [1.82, 2.24) is 15.1 Å². The number of urea groups is 1. The first-order chi connectivity index (χ1) is 8.08. The number of hydrogen-bond donors (Lipinski definition) is 2. The Kier molecular flexibility index (Phi) is 3.51. The van der Waals surface area contributed by atoms with Crippen molar-refractivity contribution in [2.75, 3.05) is 33.2 Å². The van der Waals surface area contributed by atoms with Gasteiger partial charge < -0.3 is 20.2 Å². The number of carbonyl (C=O) groups is 2. The molecule has 1 aliphatic heterocycles. The number of hydrogen-bond acceptors (Lipinski definition) is 3. The van der Waals surface area contributed by atoms with E-state index in [-0.39, 0.29) is 11.9 Å². The second-order valence-corrected chi connectivity index (χ2v) is 4.88. The predicted octanol–water partition coefficient (Wildman–Crippen LogP) is -0.193. The highest BCUT2D eigenvalue weighted by atomic mass is 16.4. The molecule has 2 aliphatic rings. The molecule has 2 N–H and O–H groups in total. The quantitative estimate of drug-likeness (QED) is 0.699. The molecule has 2 amide bonds. The van der Waals surface area contributed by atoms with Crippen LogP contribution in [0.15, 0.2) is 0 Å². The van der Waals surface area contributed by atoms with E-state index in [1.54, 1.807) is 0 Å². The molecule has 1 heterocycles. The highest BCUT2D eigenvalue weighted by Gasteiger charge is 2.35. The maximum absolute atomic E-state index is 11.6. The lowest BCUT2D eigenvalue weighted by molar-refractivity contribution is -0.146. The van der Waals surface area contributed by atoms with Gasteiger partial charge in [-0.1, -0.05) is 0 Å². The number of nitrogens with zero attached hydrogens (tertiary/aromatic N) is 2. The molecule has 0 radical (unpaired) electrons. The largest absolute Gasteiger partial charge is 0.481 e. The van der Waals surface area contributed by atoms with Gasteiger partial charge in [0.25, 0.3) is 0 Å². The summed E-state index contributed by atoms with van der Waals surface area (Å²) in [6.07, 6.45) is 2.52. The third kappa shape index (κ3) is 3.09. The van der Waals surface area contributed by atoms with E-state index in [1.807, 2.05) is 0 Å². The Hall–Kier alpha value is -1.30. The van der Waals surface area contributed by atoms with E-state index in [0.717, 1.165) is 6.54 Å². The highest BCUT2D eigenvalue weighted by molar-refractivity contribution is 5.79. The summed E-state index contributed by atoms with van der Waals surface area (Å²) in [6, 6.07) is 0.555. The zero-order valence-electron chi connectivity index (χ0n) is 10.1.